The second kappa shape index (κ2) is 7.10. The second-order valence-corrected chi connectivity index (χ2v) is 5.75. The Balaban J connectivity index is 1.96. The molecule has 0 unspecified atom stereocenters. The number of hydrogen-bond donors (Lipinski definition) is 3. The first kappa shape index (κ1) is 17.2. The third kappa shape index (κ3) is 3.41. The molecule has 0 bridgehead atoms. The van der Waals surface area contributed by atoms with Gasteiger partial charge in [-0.25, -0.2) is 9.48 Å². The van der Waals surface area contributed by atoms with Crippen LogP contribution in [-0.4, -0.2) is 21.7 Å². The fourth-order valence-electron chi connectivity index (χ4n) is 2.82. The summed E-state index contributed by atoms with van der Waals surface area (Å²) in [4.78, 5) is 22.6. The lowest BCUT2D eigenvalue weighted by molar-refractivity contribution is 0.0996. The fourth-order valence-corrected chi connectivity index (χ4v) is 2.82. The van der Waals surface area contributed by atoms with Crippen molar-refractivity contribution in [3.8, 4) is 16.8 Å². The molecule has 3 amide bonds. The molecule has 5 N–H and O–H groups in total. The van der Waals surface area contributed by atoms with Crippen LogP contribution in [0.5, 0.6) is 0 Å². The number of carbonyl (C=O) groups excluding carboxylic acids is 2. The summed E-state index contributed by atoms with van der Waals surface area (Å²) >= 11 is 0. The number of aromatic nitrogens is 2. The average molecular weight is 349 g/mol. The lowest BCUT2D eigenvalue weighted by Crippen LogP contribution is -2.22. The highest BCUT2D eigenvalue weighted by molar-refractivity contribution is 6.00. The predicted octanol–water partition coefficient (Wildman–Crippen LogP) is 2.69. The number of aryl methyl sites for hydroxylation is 1. The van der Waals surface area contributed by atoms with Gasteiger partial charge in [0.05, 0.1) is 17.6 Å². The van der Waals surface area contributed by atoms with Crippen molar-refractivity contribution >= 4 is 17.6 Å². The van der Waals surface area contributed by atoms with Gasteiger partial charge in [-0.3, -0.25) is 4.79 Å². The first-order chi connectivity index (χ1) is 12.5. The Morgan fingerprint density at radius 3 is 2.38 bits per heavy atom. The number of hydrogen-bond acceptors (Lipinski definition) is 3. The first-order valence-corrected chi connectivity index (χ1v) is 8.14. The molecule has 0 aliphatic carbocycles. The monoisotopic (exact) mass is 349 g/mol. The van der Waals surface area contributed by atoms with E-state index in [-0.39, 0.29) is 11.4 Å². The average Bonchev–Trinajstić information content (AvgIpc) is 3.05. The van der Waals surface area contributed by atoms with E-state index in [1.54, 1.807) is 0 Å². The van der Waals surface area contributed by atoms with Crippen molar-refractivity contribution in [3.05, 3.63) is 66.0 Å². The molecule has 26 heavy (non-hydrogen) atoms. The number of nitrogens with one attached hydrogen (secondary N) is 1. The smallest absolute Gasteiger partial charge is 0.316 e. The van der Waals surface area contributed by atoms with E-state index in [2.05, 4.69) is 29.5 Å². The molecular formula is C19H19N5O2. The topological polar surface area (TPSA) is 116 Å². The molecule has 0 fully saturated rings. The highest BCUT2D eigenvalue weighted by Crippen LogP contribution is 2.25. The minimum absolute atomic E-state index is 0.0517. The molecule has 1 heterocycles. The molecule has 1 aromatic heterocycles. The minimum atomic E-state index is -0.793. The van der Waals surface area contributed by atoms with Gasteiger partial charge in [0.15, 0.2) is 5.69 Å². The number of benzene rings is 2. The van der Waals surface area contributed by atoms with Crippen LogP contribution in [0.3, 0.4) is 0 Å². The maximum Gasteiger partial charge on any atom is 0.316 e. The van der Waals surface area contributed by atoms with Crippen molar-refractivity contribution in [3.63, 3.8) is 0 Å². The molecule has 3 rings (SSSR count). The van der Waals surface area contributed by atoms with Crippen LogP contribution in [0.25, 0.3) is 16.8 Å². The van der Waals surface area contributed by atoms with Crippen molar-refractivity contribution < 1.29 is 9.59 Å². The summed E-state index contributed by atoms with van der Waals surface area (Å²) in [5.41, 5.74) is 14.8. The van der Waals surface area contributed by atoms with E-state index in [1.165, 1.54) is 22.0 Å². The summed E-state index contributed by atoms with van der Waals surface area (Å²) in [6, 6.07) is 15.2. The van der Waals surface area contributed by atoms with E-state index in [1.807, 2.05) is 36.4 Å². The van der Waals surface area contributed by atoms with Crippen LogP contribution in [0.2, 0.25) is 0 Å². The van der Waals surface area contributed by atoms with E-state index in [0.717, 1.165) is 17.7 Å². The third-order valence-corrected chi connectivity index (χ3v) is 4.05. The van der Waals surface area contributed by atoms with Crippen LogP contribution in [-0.2, 0) is 6.42 Å². The third-order valence-electron chi connectivity index (χ3n) is 4.05. The van der Waals surface area contributed by atoms with Gasteiger partial charge in [0.1, 0.15) is 0 Å². The number of urea groups is 1. The predicted molar refractivity (Wildman–Crippen MR) is 100 cm³/mol. The zero-order chi connectivity index (χ0) is 18.7. The largest absolute Gasteiger partial charge is 0.364 e. The summed E-state index contributed by atoms with van der Waals surface area (Å²) in [5, 5.41) is 6.49. The first-order valence-electron chi connectivity index (χ1n) is 8.14. The molecule has 0 spiro atoms. The maximum atomic E-state index is 11.5. The molecule has 7 nitrogen and oxygen atoms in total. The summed E-state index contributed by atoms with van der Waals surface area (Å²) in [5.74, 6) is -0.749. The lowest BCUT2D eigenvalue weighted by Gasteiger charge is -2.09. The Morgan fingerprint density at radius 1 is 1.08 bits per heavy atom. The molecule has 3 aromatic rings. The summed E-state index contributed by atoms with van der Waals surface area (Å²) in [6.45, 7) is 2.12. The zero-order valence-electron chi connectivity index (χ0n) is 14.3. The second-order valence-electron chi connectivity index (χ2n) is 5.75. The highest BCUT2D eigenvalue weighted by atomic mass is 16.2. The Morgan fingerprint density at radius 2 is 1.77 bits per heavy atom. The van der Waals surface area contributed by atoms with Crippen LogP contribution in [0.15, 0.2) is 54.7 Å². The molecule has 0 atom stereocenters. The van der Waals surface area contributed by atoms with Crippen LogP contribution < -0.4 is 16.8 Å². The molecular weight excluding hydrogens is 330 g/mol. The van der Waals surface area contributed by atoms with Gasteiger partial charge < -0.3 is 16.8 Å². The summed E-state index contributed by atoms with van der Waals surface area (Å²) < 4.78 is 1.47. The number of carbonyl (C=O) groups is 2. The highest BCUT2D eigenvalue weighted by Gasteiger charge is 2.16. The number of rotatable bonds is 5. The Kier molecular flexibility index (Phi) is 4.70. The quantitative estimate of drug-likeness (QED) is 0.657. The Bertz CT molecular complexity index is 960. The molecule has 2 aromatic carbocycles. The van der Waals surface area contributed by atoms with Crippen molar-refractivity contribution in [2.75, 3.05) is 5.32 Å². The summed E-state index contributed by atoms with van der Waals surface area (Å²) in [7, 11) is 0. The minimum Gasteiger partial charge on any atom is -0.364 e. The molecule has 0 saturated carbocycles. The zero-order valence-corrected chi connectivity index (χ0v) is 14.3. The van der Waals surface area contributed by atoms with Gasteiger partial charge in [0, 0.05) is 0 Å². The van der Waals surface area contributed by atoms with Crippen LogP contribution >= 0.6 is 0 Å². The fraction of sp³-hybridized carbons (Fsp3) is 0.105. The number of nitrogens with two attached hydrogens (primary N) is 2. The van der Waals surface area contributed by atoms with Gasteiger partial charge in [-0.15, -0.1) is 0 Å². The number of amides is 3. The van der Waals surface area contributed by atoms with Crippen molar-refractivity contribution in [1.29, 1.82) is 0 Å². The normalized spacial score (nSPS) is 10.5. The SMILES string of the molecule is CCc1ccccc1-c1ccc(-n2cc(NC(N)=O)c(C(N)=O)n2)cc1. The summed E-state index contributed by atoms with van der Waals surface area (Å²) in [6.07, 6.45) is 2.45. The van der Waals surface area contributed by atoms with Crippen LogP contribution in [0.1, 0.15) is 23.0 Å². The standard InChI is InChI=1S/C19H19N5O2/c1-2-12-5-3-4-6-15(12)13-7-9-14(10-8-13)24-11-16(22-19(21)26)17(23-24)18(20)25/h3-11H,2H2,1H3,(H2,20,25)(H3,21,22,26). The molecule has 132 valence electrons. The van der Waals surface area contributed by atoms with E-state index >= 15 is 0 Å². The number of nitrogens with zero attached hydrogens (tertiary/aromatic N) is 2. The van der Waals surface area contributed by atoms with E-state index < -0.39 is 11.9 Å². The maximum absolute atomic E-state index is 11.5. The number of anilines is 1. The molecule has 7 heteroatoms. The molecule has 0 aliphatic rings. The van der Waals surface area contributed by atoms with Crippen LogP contribution in [0, 0.1) is 0 Å². The molecule has 0 aliphatic heterocycles. The molecule has 0 radical (unpaired) electrons. The van der Waals surface area contributed by atoms with Crippen molar-refractivity contribution in [2.24, 2.45) is 11.5 Å². The Labute approximate surface area is 150 Å². The van der Waals surface area contributed by atoms with Crippen LogP contribution in [0.4, 0.5) is 10.5 Å². The van der Waals surface area contributed by atoms with Gasteiger partial charge in [-0.1, -0.05) is 43.3 Å². The van der Waals surface area contributed by atoms with E-state index in [4.69, 9.17) is 11.5 Å². The van der Waals surface area contributed by atoms with Gasteiger partial charge in [-0.05, 0) is 35.2 Å². The lowest BCUT2D eigenvalue weighted by atomic mass is 9.98. The van der Waals surface area contributed by atoms with Gasteiger partial charge in [-0.2, -0.15) is 5.10 Å². The van der Waals surface area contributed by atoms with Gasteiger partial charge in [0.2, 0.25) is 0 Å². The van der Waals surface area contributed by atoms with E-state index in [0.29, 0.717) is 0 Å². The van der Waals surface area contributed by atoms with Gasteiger partial charge in [0.25, 0.3) is 5.91 Å². The van der Waals surface area contributed by atoms with Crippen molar-refractivity contribution in [1.82, 2.24) is 9.78 Å². The van der Waals surface area contributed by atoms with Crippen molar-refractivity contribution in [2.45, 2.75) is 13.3 Å². The number of primary amides is 2. The van der Waals surface area contributed by atoms with Gasteiger partial charge >= 0.3 is 6.03 Å². The molecule has 0 saturated heterocycles. The van der Waals surface area contributed by atoms with E-state index in [9.17, 15) is 9.59 Å². The Hall–Kier alpha value is -3.61.